The minimum absolute atomic E-state index is 0.464. The Morgan fingerprint density at radius 2 is 2.11 bits per heavy atom. The molecule has 18 heavy (non-hydrogen) atoms. The molecule has 0 aromatic heterocycles. The molecule has 0 spiro atoms. The third-order valence-electron chi connectivity index (χ3n) is 3.52. The van der Waals surface area contributed by atoms with E-state index in [2.05, 4.69) is 24.1 Å². The maximum Gasteiger partial charge on any atom is 0.0702 e. The second kappa shape index (κ2) is 6.76. The summed E-state index contributed by atoms with van der Waals surface area (Å²) in [5.41, 5.74) is 7.88. The van der Waals surface area contributed by atoms with Gasteiger partial charge in [0.2, 0.25) is 0 Å². The predicted octanol–water partition coefficient (Wildman–Crippen LogP) is 2.31. The lowest BCUT2D eigenvalue weighted by molar-refractivity contribution is 0.0810. The van der Waals surface area contributed by atoms with Gasteiger partial charge in [-0.05, 0) is 57.0 Å². The molecule has 0 amide bonds. The first-order valence-corrected chi connectivity index (χ1v) is 6.88. The Labute approximate surface area is 110 Å². The third-order valence-corrected chi connectivity index (χ3v) is 3.52. The number of nitrogens with zero attached hydrogens (tertiary/aromatic N) is 1. The van der Waals surface area contributed by atoms with E-state index in [0.717, 1.165) is 31.8 Å². The number of benzene rings is 1. The summed E-state index contributed by atoms with van der Waals surface area (Å²) in [7, 11) is 2.19. The molecule has 1 aliphatic heterocycles. The van der Waals surface area contributed by atoms with Crippen LogP contribution in [-0.2, 0) is 11.2 Å². The summed E-state index contributed by atoms with van der Waals surface area (Å²) in [6.45, 7) is 3.15. The van der Waals surface area contributed by atoms with Gasteiger partial charge in [-0.15, -0.1) is 0 Å². The molecule has 2 N–H and O–H groups in total. The van der Waals surface area contributed by atoms with Gasteiger partial charge in [0.15, 0.2) is 0 Å². The summed E-state index contributed by atoms with van der Waals surface area (Å²) < 4.78 is 5.65. The van der Waals surface area contributed by atoms with Gasteiger partial charge in [0.05, 0.1) is 6.10 Å². The molecule has 0 saturated carbocycles. The highest BCUT2D eigenvalue weighted by Gasteiger charge is 2.16. The molecule has 1 saturated heterocycles. The molecule has 1 aromatic carbocycles. The molecule has 1 aromatic rings. The van der Waals surface area contributed by atoms with Gasteiger partial charge in [-0.2, -0.15) is 0 Å². The number of rotatable bonds is 6. The summed E-state index contributed by atoms with van der Waals surface area (Å²) >= 11 is 0. The van der Waals surface area contributed by atoms with Crippen molar-refractivity contribution in [1.82, 2.24) is 4.90 Å². The summed E-state index contributed by atoms with van der Waals surface area (Å²) in [6, 6.07) is 8.20. The lowest BCUT2D eigenvalue weighted by Gasteiger charge is -2.20. The molecular formula is C15H24N2O. The zero-order valence-electron chi connectivity index (χ0n) is 11.3. The molecule has 0 aliphatic carbocycles. The lowest BCUT2D eigenvalue weighted by Crippen LogP contribution is -2.29. The van der Waals surface area contributed by atoms with Crippen LogP contribution in [0, 0.1) is 0 Å². The van der Waals surface area contributed by atoms with Gasteiger partial charge in [0.25, 0.3) is 0 Å². The molecule has 1 heterocycles. The molecule has 3 heteroatoms. The van der Waals surface area contributed by atoms with Gasteiger partial charge in [0, 0.05) is 18.8 Å². The quantitative estimate of drug-likeness (QED) is 0.785. The number of anilines is 1. The van der Waals surface area contributed by atoms with Crippen LogP contribution in [0.15, 0.2) is 24.3 Å². The topological polar surface area (TPSA) is 38.5 Å². The number of hydrogen-bond donors (Lipinski definition) is 1. The molecule has 2 rings (SSSR count). The van der Waals surface area contributed by atoms with Crippen LogP contribution >= 0.6 is 0 Å². The fraction of sp³-hybridized carbons (Fsp3) is 0.600. The molecular weight excluding hydrogens is 224 g/mol. The van der Waals surface area contributed by atoms with Crippen molar-refractivity contribution in [3.8, 4) is 0 Å². The minimum atomic E-state index is 0.464. The maximum absolute atomic E-state index is 5.67. The van der Waals surface area contributed by atoms with Gasteiger partial charge in [0.1, 0.15) is 0 Å². The summed E-state index contributed by atoms with van der Waals surface area (Å²) in [5, 5.41) is 0. The van der Waals surface area contributed by atoms with Crippen LogP contribution in [0.2, 0.25) is 0 Å². The predicted molar refractivity (Wildman–Crippen MR) is 75.6 cm³/mol. The van der Waals surface area contributed by atoms with Crippen LogP contribution in [0.4, 0.5) is 5.69 Å². The van der Waals surface area contributed by atoms with Crippen molar-refractivity contribution in [2.24, 2.45) is 0 Å². The second-order valence-electron chi connectivity index (χ2n) is 5.24. The molecule has 0 bridgehead atoms. The van der Waals surface area contributed by atoms with Crippen LogP contribution in [0.25, 0.3) is 0 Å². The fourth-order valence-electron chi connectivity index (χ4n) is 2.46. The Kier molecular flexibility index (Phi) is 5.02. The van der Waals surface area contributed by atoms with Gasteiger partial charge < -0.3 is 15.4 Å². The number of nitrogen functional groups attached to an aromatic ring is 1. The Morgan fingerprint density at radius 1 is 1.33 bits per heavy atom. The van der Waals surface area contributed by atoms with E-state index in [-0.39, 0.29) is 0 Å². The molecule has 1 aliphatic rings. The molecule has 0 radical (unpaired) electrons. The summed E-state index contributed by atoms with van der Waals surface area (Å²) in [6.07, 6.45) is 5.22. The lowest BCUT2D eigenvalue weighted by atomic mass is 10.1. The van der Waals surface area contributed by atoms with Gasteiger partial charge in [-0.3, -0.25) is 0 Å². The summed E-state index contributed by atoms with van der Waals surface area (Å²) in [5.74, 6) is 0. The number of ether oxygens (including phenoxy) is 1. The molecule has 1 atom stereocenters. The standard InChI is InChI=1S/C15H24N2O/c1-17(12-15-5-3-11-18-15)10-2-4-13-6-8-14(16)9-7-13/h6-9,15H,2-5,10-12,16H2,1H3. The number of likely N-dealkylation sites (N-methyl/N-ethyl adjacent to an activating group) is 1. The van der Waals surface area contributed by atoms with E-state index in [1.807, 2.05) is 12.1 Å². The van der Waals surface area contributed by atoms with Crippen molar-refractivity contribution < 1.29 is 4.74 Å². The molecule has 1 unspecified atom stereocenters. The van der Waals surface area contributed by atoms with Gasteiger partial charge in [-0.25, -0.2) is 0 Å². The zero-order chi connectivity index (χ0) is 12.8. The van der Waals surface area contributed by atoms with Gasteiger partial charge in [-0.1, -0.05) is 12.1 Å². The average molecular weight is 248 g/mol. The number of nitrogens with two attached hydrogens (primary N) is 1. The van der Waals surface area contributed by atoms with Crippen molar-refractivity contribution in [2.75, 3.05) is 32.5 Å². The number of aryl methyl sites for hydroxylation is 1. The average Bonchev–Trinajstić information content (AvgIpc) is 2.84. The van der Waals surface area contributed by atoms with Crippen molar-refractivity contribution in [3.05, 3.63) is 29.8 Å². The van der Waals surface area contributed by atoms with Crippen LogP contribution in [-0.4, -0.2) is 37.7 Å². The van der Waals surface area contributed by atoms with Crippen LogP contribution in [0.3, 0.4) is 0 Å². The first kappa shape index (κ1) is 13.4. The monoisotopic (exact) mass is 248 g/mol. The van der Waals surface area contributed by atoms with E-state index in [1.54, 1.807) is 0 Å². The largest absolute Gasteiger partial charge is 0.399 e. The van der Waals surface area contributed by atoms with E-state index < -0.39 is 0 Å². The van der Waals surface area contributed by atoms with Crippen LogP contribution < -0.4 is 5.73 Å². The Balaban J connectivity index is 1.63. The fourth-order valence-corrected chi connectivity index (χ4v) is 2.46. The first-order valence-electron chi connectivity index (χ1n) is 6.88. The Morgan fingerprint density at radius 3 is 2.78 bits per heavy atom. The van der Waals surface area contributed by atoms with Gasteiger partial charge >= 0.3 is 0 Å². The molecule has 1 fully saturated rings. The van der Waals surface area contributed by atoms with E-state index in [4.69, 9.17) is 10.5 Å². The summed E-state index contributed by atoms with van der Waals surface area (Å²) in [4.78, 5) is 2.38. The molecule has 3 nitrogen and oxygen atoms in total. The molecule has 100 valence electrons. The SMILES string of the molecule is CN(CCCc1ccc(N)cc1)CC1CCCO1. The van der Waals surface area contributed by atoms with Crippen molar-refractivity contribution in [1.29, 1.82) is 0 Å². The van der Waals surface area contributed by atoms with Crippen LogP contribution in [0.5, 0.6) is 0 Å². The number of hydrogen-bond acceptors (Lipinski definition) is 3. The smallest absolute Gasteiger partial charge is 0.0702 e. The van der Waals surface area contributed by atoms with E-state index in [9.17, 15) is 0 Å². The normalized spacial score (nSPS) is 19.6. The Bertz CT molecular complexity index is 344. The zero-order valence-corrected chi connectivity index (χ0v) is 11.3. The van der Waals surface area contributed by atoms with E-state index in [0.29, 0.717) is 6.10 Å². The van der Waals surface area contributed by atoms with E-state index >= 15 is 0 Å². The highest BCUT2D eigenvalue weighted by atomic mass is 16.5. The van der Waals surface area contributed by atoms with Crippen molar-refractivity contribution >= 4 is 5.69 Å². The second-order valence-corrected chi connectivity index (χ2v) is 5.24. The van der Waals surface area contributed by atoms with Crippen LogP contribution in [0.1, 0.15) is 24.8 Å². The first-order chi connectivity index (χ1) is 8.74. The van der Waals surface area contributed by atoms with E-state index in [1.165, 1.54) is 24.8 Å². The minimum Gasteiger partial charge on any atom is -0.399 e. The highest BCUT2D eigenvalue weighted by Crippen LogP contribution is 2.13. The maximum atomic E-state index is 5.67. The van der Waals surface area contributed by atoms with Crippen molar-refractivity contribution in [3.63, 3.8) is 0 Å². The Hall–Kier alpha value is -1.06. The highest BCUT2D eigenvalue weighted by molar-refractivity contribution is 5.39. The van der Waals surface area contributed by atoms with Crippen molar-refractivity contribution in [2.45, 2.75) is 31.8 Å². The third kappa shape index (κ3) is 4.31.